The molecule has 11 nitrogen and oxygen atoms in total. The number of carbonyl (C=O) groups excluding carboxylic acids is 5. The van der Waals surface area contributed by atoms with Crippen LogP contribution in [0, 0.1) is 23.0 Å². The van der Waals surface area contributed by atoms with Crippen molar-refractivity contribution in [3.8, 4) is 5.75 Å². The summed E-state index contributed by atoms with van der Waals surface area (Å²) in [5.74, 6) is -4.74. The van der Waals surface area contributed by atoms with Crippen LogP contribution >= 0.6 is 0 Å². The van der Waals surface area contributed by atoms with E-state index in [4.69, 9.17) is 9.47 Å². The van der Waals surface area contributed by atoms with Gasteiger partial charge in [-0.05, 0) is 51.7 Å². The SMILES string of the molecule is CC(=O)C(=O)N1C[C@H](COc2ccc(F)c(F)c2)C2[C@H]1CCN2C(=O)[C@@H](NC(=O)[C@H](C)N(C)C(=O)OC(C)(C)C)C(C)(C)C. The van der Waals surface area contributed by atoms with Crippen molar-refractivity contribution in [2.45, 2.75) is 91.6 Å². The van der Waals surface area contributed by atoms with Crippen molar-refractivity contribution in [3.05, 3.63) is 29.8 Å². The number of nitrogens with zero attached hydrogens (tertiary/aromatic N) is 3. The van der Waals surface area contributed by atoms with Crippen LogP contribution in [0.3, 0.4) is 0 Å². The molecule has 0 bridgehead atoms. The maximum absolute atomic E-state index is 14.2. The van der Waals surface area contributed by atoms with E-state index in [2.05, 4.69) is 5.32 Å². The summed E-state index contributed by atoms with van der Waals surface area (Å²) in [6.45, 7) is 13.6. The van der Waals surface area contributed by atoms with E-state index in [1.165, 1.54) is 31.9 Å². The summed E-state index contributed by atoms with van der Waals surface area (Å²) in [4.78, 5) is 69.2. The second-order valence-electron chi connectivity index (χ2n) is 13.6. The molecule has 2 saturated heterocycles. The number of hydrogen-bond donors (Lipinski definition) is 1. The summed E-state index contributed by atoms with van der Waals surface area (Å²) < 4.78 is 38.4. The van der Waals surface area contributed by atoms with E-state index >= 15 is 0 Å². The van der Waals surface area contributed by atoms with Gasteiger partial charge in [-0.25, -0.2) is 13.6 Å². The second kappa shape index (κ2) is 13.1. The van der Waals surface area contributed by atoms with Crippen LogP contribution in [-0.2, 0) is 23.9 Å². The maximum atomic E-state index is 14.2. The Labute approximate surface area is 257 Å². The molecule has 0 spiro atoms. The molecule has 3 rings (SSSR count). The predicted molar refractivity (Wildman–Crippen MR) is 156 cm³/mol. The van der Waals surface area contributed by atoms with Crippen molar-refractivity contribution in [1.82, 2.24) is 20.0 Å². The molecular formula is C31H44F2N4O7. The lowest BCUT2D eigenvalue weighted by molar-refractivity contribution is -0.144. The normalized spacial score (nSPS) is 21.3. The van der Waals surface area contributed by atoms with Gasteiger partial charge in [0.2, 0.25) is 17.6 Å². The highest BCUT2D eigenvalue weighted by Crippen LogP contribution is 2.38. The Kier molecular flexibility index (Phi) is 10.3. The molecule has 0 aromatic heterocycles. The highest BCUT2D eigenvalue weighted by molar-refractivity contribution is 6.35. The van der Waals surface area contributed by atoms with E-state index < -0.39 is 76.4 Å². The quantitative estimate of drug-likeness (QED) is 0.442. The molecule has 2 aliphatic rings. The molecule has 1 N–H and O–H groups in total. The van der Waals surface area contributed by atoms with Crippen LogP contribution in [0.1, 0.15) is 61.8 Å². The number of hydrogen-bond acceptors (Lipinski definition) is 7. The van der Waals surface area contributed by atoms with Gasteiger partial charge in [0.15, 0.2) is 11.6 Å². The molecule has 2 aliphatic heterocycles. The van der Waals surface area contributed by atoms with E-state index in [9.17, 15) is 32.8 Å². The summed E-state index contributed by atoms with van der Waals surface area (Å²) in [6.07, 6.45) is -0.286. The van der Waals surface area contributed by atoms with Crippen molar-refractivity contribution in [1.29, 1.82) is 0 Å². The van der Waals surface area contributed by atoms with Crippen LogP contribution in [-0.4, -0.2) is 101 Å². The van der Waals surface area contributed by atoms with Crippen LogP contribution in [0.15, 0.2) is 18.2 Å². The maximum Gasteiger partial charge on any atom is 0.410 e. The highest BCUT2D eigenvalue weighted by Gasteiger charge is 2.54. The third kappa shape index (κ3) is 7.84. The third-order valence-corrected chi connectivity index (χ3v) is 7.98. The third-order valence-electron chi connectivity index (χ3n) is 7.98. The van der Waals surface area contributed by atoms with Crippen LogP contribution in [0.2, 0.25) is 0 Å². The number of carbonyl (C=O) groups is 5. The number of fused-ring (bicyclic) bond motifs is 1. The van der Waals surface area contributed by atoms with Crippen molar-refractivity contribution in [2.75, 3.05) is 26.7 Å². The molecule has 4 amide bonds. The zero-order valence-corrected chi connectivity index (χ0v) is 26.9. The number of rotatable bonds is 8. The smallest absolute Gasteiger partial charge is 0.410 e. The van der Waals surface area contributed by atoms with Gasteiger partial charge in [0.1, 0.15) is 23.4 Å². The molecule has 0 radical (unpaired) electrons. The van der Waals surface area contributed by atoms with Gasteiger partial charge in [-0.3, -0.25) is 24.1 Å². The number of Topliss-reactive ketones (excluding diaryl/α,β-unsaturated/α-hetero) is 1. The summed E-state index contributed by atoms with van der Waals surface area (Å²) >= 11 is 0. The average Bonchev–Trinajstić information content (AvgIpc) is 3.50. The second-order valence-corrected chi connectivity index (χ2v) is 13.6. The Hall–Kier alpha value is -3.77. The fourth-order valence-electron chi connectivity index (χ4n) is 5.56. The highest BCUT2D eigenvalue weighted by atomic mass is 19.2. The summed E-state index contributed by atoms with van der Waals surface area (Å²) in [6, 6.07) is 0.147. The molecule has 244 valence electrons. The minimum Gasteiger partial charge on any atom is -0.493 e. The molecule has 1 unspecified atom stereocenters. The van der Waals surface area contributed by atoms with Gasteiger partial charge >= 0.3 is 6.09 Å². The van der Waals surface area contributed by atoms with Crippen LogP contribution < -0.4 is 10.1 Å². The van der Waals surface area contributed by atoms with Crippen LogP contribution in [0.4, 0.5) is 13.6 Å². The van der Waals surface area contributed by atoms with E-state index in [0.29, 0.717) is 6.42 Å². The number of halogens is 2. The van der Waals surface area contributed by atoms with E-state index in [0.717, 1.165) is 17.0 Å². The fraction of sp³-hybridized carbons (Fsp3) is 0.645. The molecular weight excluding hydrogens is 578 g/mol. The van der Waals surface area contributed by atoms with Gasteiger partial charge in [-0.15, -0.1) is 0 Å². The van der Waals surface area contributed by atoms with Gasteiger partial charge in [0.25, 0.3) is 5.91 Å². The number of ether oxygens (including phenoxy) is 2. The molecule has 1 aromatic rings. The van der Waals surface area contributed by atoms with Gasteiger partial charge in [0.05, 0.1) is 18.7 Å². The predicted octanol–water partition coefficient (Wildman–Crippen LogP) is 3.15. The lowest BCUT2D eigenvalue weighted by Crippen LogP contribution is -2.60. The zero-order chi connectivity index (χ0) is 33.3. The van der Waals surface area contributed by atoms with Gasteiger partial charge in [0, 0.05) is 39.0 Å². The van der Waals surface area contributed by atoms with Crippen molar-refractivity contribution in [3.63, 3.8) is 0 Å². The van der Waals surface area contributed by atoms with E-state index in [1.807, 2.05) is 0 Å². The Morgan fingerprint density at radius 1 is 1.05 bits per heavy atom. The van der Waals surface area contributed by atoms with Crippen molar-refractivity contribution >= 4 is 29.6 Å². The van der Waals surface area contributed by atoms with Crippen LogP contribution in [0.25, 0.3) is 0 Å². The molecule has 0 aliphatic carbocycles. The zero-order valence-electron chi connectivity index (χ0n) is 26.9. The Balaban J connectivity index is 1.84. The first-order chi connectivity index (χ1) is 20.2. The van der Waals surface area contributed by atoms with Crippen molar-refractivity contribution < 1.29 is 42.2 Å². The van der Waals surface area contributed by atoms with Gasteiger partial charge < -0.3 is 24.6 Å². The number of benzene rings is 1. The molecule has 2 fully saturated rings. The summed E-state index contributed by atoms with van der Waals surface area (Å²) in [7, 11) is 1.44. The molecule has 13 heteroatoms. The topological polar surface area (TPSA) is 126 Å². The molecule has 1 aromatic carbocycles. The first-order valence-corrected chi connectivity index (χ1v) is 14.7. The van der Waals surface area contributed by atoms with E-state index in [1.54, 1.807) is 46.4 Å². The standard InChI is InChI=1S/C31H44F2N4O7/c1-17(35(9)29(42)44-31(6,7)8)26(39)34-25(30(3,4)5)28(41)36-13-12-23-24(36)19(15-37(23)27(40)18(2)38)16-43-20-10-11-21(32)22(33)14-20/h10-11,14,17,19,23-25H,12-13,15-16H2,1-9H3,(H,34,39)/t17-,19+,23+,24?,25+/m0/s1. The molecule has 44 heavy (non-hydrogen) atoms. The fourth-order valence-corrected chi connectivity index (χ4v) is 5.56. The Bertz CT molecular complexity index is 1290. The van der Waals surface area contributed by atoms with Gasteiger partial charge in [-0.1, -0.05) is 20.8 Å². The first-order valence-electron chi connectivity index (χ1n) is 14.7. The van der Waals surface area contributed by atoms with Crippen molar-refractivity contribution in [2.24, 2.45) is 11.3 Å². The lowest BCUT2D eigenvalue weighted by Gasteiger charge is -2.38. The minimum atomic E-state index is -1.08. The summed E-state index contributed by atoms with van der Waals surface area (Å²) in [5.41, 5.74) is -1.51. The monoisotopic (exact) mass is 622 g/mol. The number of ketones is 1. The Morgan fingerprint density at radius 3 is 2.23 bits per heavy atom. The molecule has 0 saturated carbocycles. The number of nitrogens with one attached hydrogen (secondary N) is 1. The first kappa shape index (κ1) is 34.7. The molecule has 5 atom stereocenters. The van der Waals surface area contributed by atoms with E-state index in [-0.39, 0.29) is 31.4 Å². The van der Waals surface area contributed by atoms with Crippen LogP contribution in [0.5, 0.6) is 5.75 Å². The minimum absolute atomic E-state index is 0.0397. The largest absolute Gasteiger partial charge is 0.493 e. The summed E-state index contributed by atoms with van der Waals surface area (Å²) in [5, 5.41) is 2.83. The van der Waals surface area contributed by atoms with Gasteiger partial charge in [-0.2, -0.15) is 0 Å². The number of likely N-dealkylation sites (tertiary alicyclic amines) is 2. The number of likely N-dealkylation sites (N-methyl/N-ethyl adjacent to an activating group) is 1. The lowest BCUT2D eigenvalue weighted by atomic mass is 9.85. The average molecular weight is 623 g/mol. The molecule has 2 heterocycles. The Morgan fingerprint density at radius 2 is 1.68 bits per heavy atom. The number of amides is 4.